The van der Waals surface area contributed by atoms with Gasteiger partial charge in [0.05, 0.1) is 19.8 Å². The van der Waals surface area contributed by atoms with E-state index in [1.165, 1.54) is 33.3 Å². The van der Waals surface area contributed by atoms with Crippen LogP contribution in [0.3, 0.4) is 0 Å². The molecule has 0 aromatic heterocycles. The fraction of sp³-hybridized carbons (Fsp3) is 0.190. The van der Waals surface area contributed by atoms with Gasteiger partial charge in [0.25, 0.3) is 0 Å². The van der Waals surface area contributed by atoms with Crippen molar-refractivity contribution in [3.8, 4) is 5.75 Å². The lowest BCUT2D eigenvalue weighted by atomic mass is 10.1. The van der Waals surface area contributed by atoms with Gasteiger partial charge in [-0.1, -0.05) is 12.1 Å². The van der Waals surface area contributed by atoms with Crippen LogP contribution in [0.15, 0.2) is 54.6 Å². The normalized spacial score (nSPS) is 11.7. The van der Waals surface area contributed by atoms with E-state index in [4.69, 9.17) is 9.47 Å². The van der Waals surface area contributed by atoms with Crippen LogP contribution in [0, 0.1) is 0 Å². The molecule has 0 saturated heterocycles. The van der Waals surface area contributed by atoms with Gasteiger partial charge in [-0.15, -0.1) is 0 Å². The number of hydrogen-bond donors (Lipinski definition) is 0. The lowest BCUT2D eigenvalue weighted by Gasteiger charge is -2.11. The van der Waals surface area contributed by atoms with E-state index in [1.54, 1.807) is 48.5 Å². The molecule has 2 rings (SSSR count). The summed E-state index contributed by atoms with van der Waals surface area (Å²) in [4.78, 5) is 35.6. The fourth-order valence-electron chi connectivity index (χ4n) is 2.27. The minimum Gasteiger partial charge on any atom is -0.497 e. The minimum absolute atomic E-state index is 0.304. The number of ether oxygens (including phenoxy) is 3. The maximum atomic E-state index is 12.3. The fourth-order valence-corrected chi connectivity index (χ4v) is 2.27. The van der Waals surface area contributed by atoms with Crippen molar-refractivity contribution in [3.05, 3.63) is 71.3 Å². The lowest BCUT2D eigenvalue weighted by Crippen LogP contribution is -2.23. The number of methoxy groups -OCH3 is 2. The summed E-state index contributed by atoms with van der Waals surface area (Å²) < 4.78 is 14.8. The molecule has 0 aliphatic heterocycles. The largest absolute Gasteiger partial charge is 0.497 e. The molecule has 140 valence electrons. The van der Waals surface area contributed by atoms with E-state index in [-0.39, 0.29) is 5.78 Å². The Hall–Kier alpha value is -3.41. The number of ketones is 1. The highest BCUT2D eigenvalue weighted by Gasteiger charge is 2.18. The lowest BCUT2D eigenvalue weighted by molar-refractivity contribution is -0.140. The summed E-state index contributed by atoms with van der Waals surface area (Å²) in [5, 5.41) is 0. The van der Waals surface area contributed by atoms with Crippen LogP contribution >= 0.6 is 0 Å². The van der Waals surface area contributed by atoms with Gasteiger partial charge in [-0.2, -0.15) is 0 Å². The van der Waals surface area contributed by atoms with Crippen molar-refractivity contribution in [2.24, 2.45) is 0 Å². The Morgan fingerprint density at radius 2 is 1.48 bits per heavy atom. The van der Waals surface area contributed by atoms with Gasteiger partial charge < -0.3 is 14.2 Å². The number of rotatable bonds is 7. The molecular weight excluding hydrogens is 348 g/mol. The molecule has 0 aliphatic rings. The topological polar surface area (TPSA) is 78.9 Å². The first-order chi connectivity index (χ1) is 12.9. The van der Waals surface area contributed by atoms with Crippen molar-refractivity contribution in [2.45, 2.75) is 13.0 Å². The average molecular weight is 368 g/mol. The first kappa shape index (κ1) is 19.9. The Labute approximate surface area is 157 Å². The van der Waals surface area contributed by atoms with Crippen LogP contribution < -0.4 is 4.74 Å². The van der Waals surface area contributed by atoms with Gasteiger partial charge in [0.1, 0.15) is 5.75 Å². The van der Waals surface area contributed by atoms with Crippen molar-refractivity contribution in [1.82, 2.24) is 0 Å². The van der Waals surface area contributed by atoms with E-state index in [0.29, 0.717) is 22.4 Å². The summed E-state index contributed by atoms with van der Waals surface area (Å²) in [5.74, 6) is -0.739. The van der Waals surface area contributed by atoms with E-state index in [9.17, 15) is 14.4 Å². The smallest absolute Gasteiger partial charge is 0.337 e. The molecule has 0 fully saturated rings. The number of esters is 2. The van der Waals surface area contributed by atoms with Gasteiger partial charge in [0.2, 0.25) is 5.78 Å². The van der Waals surface area contributed by atoms with E-state index < -0.39 is 18.0 Å². The van der Waals surface area contributed by atoms with Gasteiger partial charge >= 0.3 is 11.9 Å². The number of Topliss-reactive ketones (excluding diaryl/α,β-unsaturated/α-hetero) is 1. The maximum Gasteiger partial charge on any atom is 0.337 e. The highest BCUT2D eigenvalue weighted by molar-refractivity contribution is 6.01. The molecule has 0 spiro atoms. The summed E-state index contributed by atoms with van der Waals surface area (Å²) >= 11 is 0. The van der Waals surface area contributed by atoms with Crippen LogP contribution in [0.25, 0.3) is 6.08 Å². The molecule has 0 saturated carbocycles. The summed E-state index contributed by atoms with van der Waals surface area (Å²) in [6.45, 7) is 1.52. The molecule has 6 heteroatoms. The Morgan fingerprint density at radius 1 is 0.889 bits per heavy atom. The van der Waals surface area contributed by atoms with Crippen molar-refractivity contribution < 1.29 is 28.6 Å². The average Bonchev–Trinajstić information content (AvgIpc) is 2.71. The van der Waals surface area contributed by atoms with Crippen LogP contribution in [0.2, 0.25) is 0 Å². The molecule has 0 N–H and O–H groups in total. The monoisotopic (exact) mass is 368 g/mol. The van der Waals surface area contributed by atoms with Crippen LogP contribution in [-0.2, 0) is 14.3 Å². The van der Waals surface area contributed by atoms with Crippen molar-refractivity contribution in [3.63, 3.8) is 0 Å². The molecule has 2 aromatic rings. The molecule has 0 amide bonds. The number of hydrogen-bond acceptors (Lipinski definition) is 6. The molecule has 0 aliphatic carbocycles. The Morgan fingerprint density at radius 3 is 2.04 bits per heavy atom. The second-order valence-corrected chi connectivity index (χ2v) is 5.62. The third-order valence-corrected chi connectivity index (χ3v) is 3.78. The first-order valence-electron chi connectivity index (χ1n) is 8.20. The summed E-state index contributed by atoms with van der Waals surface area (Å²) in [6.07, 6.45) is 1.84. The van der Waals surface area contributed by atoms with Gasteiger partial charge in [-0.05, 0) is 55.0 Å². The molecule has 1 atom stereocenters. The highest BCUT2D eigenvalue weighted by atomic mass is 16.5. The highest BCUT2D eigenvalue weighted by Crippen LogP contribution is 2.14. The van der Waals surface area contributed by atoms with Crippen LogP contribution in [0.1, 0.15) is 33.2 Å². The third kappa shape index (κ3) is 5.54. The van der Waals surface area contributed by atoms with Crippen LogP contribution in [0.5, 0.6) is 5.75 Å². The van der Waals surface area contributed by atoms with Crippen molar-refractivity contribution in [2.75, 3.05) is 14.2 Å². The molecular formula is C21H20O6. The maximum absolute atomic E-state index is 12.3. The molecule has 2 aromatic carbocycles. The molecule has 0 radical (unpaired) electrons. The zero-order chi connectivity index (χ0) is 19.8. The van der Waals surface area contributed by atoms with Gasteiger partial charge in [0, 0.05) is 11.6 Å². The molecule has 6 nitrogen and oxygen atoms in total. The molecule has 27 heavy (non-hydrogen) atoms. The van der Waals surface area contributed by atoms with Crippen LogP contribution in [-0.4, -0.2) is 38.0 Å². The second-order valence-electron chi connectivity index (χ2n) is 5.62. The van der Waals surface area contributed by atoms with E-state index in [0.717, 1.165) is 0 Å². The SMILES string of the molecule is COC(=O)c1ccc(/C=C/C(=O)O[C@H](C)C(=O)c2ccc(OC)cc2)cc1. The van der Waals surface area contributed by atoms with E-state index in [2.05, 4.69) is 4.74 Å². The summed E-state index contributed by atoms with van der Waals surface area (Å²) in [7, 11) is 2.84. The quantitative estimate of drug-likeness (QED) is 0.424. The molecule has 0 unspecified atom stereocenters. The number of carbonyl (C=O) groups excluding carboxylic acids is 3. The Bertz CT molecular complexity index is 834. The van der Waals surface area contributed by atoms with Gasteiger partial charge in [0.15, 0.2) is 6.10 Å². The number of benzene rings is 2. The summed E-state index contributed by atoms with van der Waals surface area (Å²) in [6, 6.07) is 13.1. The molecule has 0 bridgehead atoms. The van der Waals surface area contributed by atoms with Crippen molar-refractivity contribution in [1.29, 1.82) is 0 Å². The standard InChI is InChI=1S/C21H20O6/c1-14(20(23)16-9-11-18(25-2)12-10-16)27-19(22)13-6-15-4-7-17(8-5-15)21(24)26-3/h4-14H,1-3H3/b13-6+/t14-/m1/s1. The predicted molar refractivity (Wildman–Crippen MR) is 99.7 cm³/mol. The predicted octanol–water partition coefficient (Wildman–Crippen LogP) is 3.31. The zero-order valence-corrected chi connectivity index (χ0v) is 15.3. The van der Waals surface area contributed by atoms with Gasteiger partial charge in [-0.3, -0.25) is 4.79 Å². The van der Waals surface area contributed by atoms with Gasteiger partial charge in [-0.25, -0.2) is 9.59 Å². The second kappa shape index (κ2) is 9.33. The van der Waals surface area contributed by atoms with Crippen molar-refractivity contribution >= 4 is 23.8 Å². The Balaban J connectivity index is 1.94. The molecule has 0 heterocycles. The summed E-state index contributed by atoms with van der Waals surface area (Å²) in [5.41, 5.74) is 1.54. The van der Waals surface area contributed by atoms with Crippen LogP contribution in [0.4, 0.5) is 0 Å². The zero-order valence-electron chi connectivity index (χ0n) is 15.3. The number of carbonyl (C=O) groups is 3. The third-order valence-electron chi connectivity index (χ3n) is 3.78. The van der Waals surface area contributed by atoms with E-state index >= 15 is 0 Å². The van der Waals surface area contributed by atoms with E-state index in [1.807, 2.05) is 0 Å². The first-order valence-corrected chi connectivity index (χ1v) is 8.20. The minimum atomic E-state index is -0.919. The Kier molecular flexibility index (Phi) is 6.88.